The number of allylic oxidation sites excluding steroid dienone is 1. The number of sulfonamides is 1. The van der Waals surface area contributed by atoms with Crippen LogP contribution in [0.15, 0.2) is 66.7 Å². The van der Waals surface area contributed by atoms with Crippen molar-refractivity contribution in [3.8, 4) is 22.8 Å². The second-order valence-corrected chi connectivity index (χ2v) is 15.5. The molecule has 1 saturated heterocycles. The van der Waals surface area contributed by atoms with E-state index in [4.69, 9.17) is 20.2 Å². The molecule has 2 aliphatic heterocycles. The molecule has 7 rings (SSSR count). The van der Waals surface area contributed by atoms with Gasteiger partial charge in [0.2, 0.25) is 21.8 Å². The standard InChI is InChI=1S/C36H41N5O7S/c1-47-24-13-16-27-30(17-24)38-29(22-9-5-4-6-10-22)19-32(27)48-25-18-31-33(42)39-36(35(44)40-49(45,46)26-14-15-26)20-23(36)11-7-2-3-8-12-28(37)34(43)41(31)21-25/h4-7,9-11,13,16-17,19,23,25-26,28,31H,2-3,8,12,14-15,18,20-21,37H2,1H3,(H,39,42)(H,40,44)/t23?,25-,28+,31+,36-/m1/s1. The van der Waals surface area contributed by atoms with Crippen molar-refractivity contribution in [2.24, 2.45) is 11.7 Å². The van der Waals surface area contributed by atoms with Crippen LogP contribution >= 0.6 is 0 Å². The molecule has 5 atom stereocenters. The number of fused-ring (bicyclic) bond motifs is 3. The van der Waals surface area contributed by atoms with Crippen LogP contribution in [0, 0.1) is 5.92 Å². The van der Waals surface area contributed by atoms with Crippen LogP contribution in [-0.4, -0.2) is 78.7 Å². The van der Waals surface area contributed by atoms with Gasteiger partial charge in [-0.2, -0.15) is 0 Å². The summed E-state index contributed by atoms with van der Waals surface area (Å²) in [4.78, 5) is 47.8. The van der Waals surface area contributed by atoms with Crippen LogP contribution in [0.3, 0.4) is 0 Å². The third-order valence-electron chi connectivity index (χ3n) is 9.98. The summed E-state index contributed by atoms with van der Waals surface area (Å²) in [5.74, 6) is -0.858. The second kappa shape index (κ2) is 13.1. The van der Waals surface area contributed by atoms with E-state index in [-0.39, 0.29) is 31.2 Å². The summed E-state index contributed by atoms with van der Waals surface area (Å²) in [7, 11) is -2.25. The van der Waals surface area contributed by atoms with Crippen molar-refractivity contribution >= 4 is 38.6 Å². The van der Waals surface area contributed by atoms with Gasteiger partial charge in [0, 0.05) is 35.4 Å². The summed E-state index contributed by atoms with van der Waals surface area (Å²) >= 11 is 0. The fourth-order valence-corrected chi connectivity index (χ4v) is 8.27. The number of amides is 3. The van der Waals surface area contributed by atoms with Gasteiger partial charge in [0.25, 0.3) is 5.91 Å². The van der Waals surface area contributed by atoms with Crippen molar-refractivity contribution in [1.29, 1.82) is 0 Å². The van der Waals surface area contributed by atoms with Crippen molar-refractivity contribution in [3.05, 3.63) is 66.7 Å². The van der Waals surface area contributed by atoms with Gasteiger partial charge in [-0.1, -0.05) is 48.9 Å². The number of aromatic nitrogens is 1. The molecule has 3 aromatic rings. The highest BCUT2D eigenvalue weighted by atomic mass is 32.2. The molecule has 0 spiro atoms. The molecular formula is C36H41N5O7S. The van der Waals surface area contributed by atoms with Gasteiger partial charge in [-0.25, -0.2) is 13.4 Å². The predicted octanol–water partition coefficient (Wildman–Crippen LogP) is 3.20. The van der Waals surface area contributed by atoms with Crippen molar-refractivity contribution < 1.29 is 32.3 Å². The van der Waals surface area contributed by atoms with Gasteiger partial charge in [-0.3, -0.25) is 19.1 Å². The smallest absolute Gasteiger partial charge is 0.259 e. The number of rotatable bonds is 7. The Morgan fingerprint density at radius 3 is 2.63 bits per heavy atom. The average molecular weight is 688 g/mol. The first-order valence-corrected chi connectivity index (χ1v) is 18.4. The third-order valence-corrected chi connectivity index (χ3v) is 11.8. The van der Waals surface area contributed by atoms with Gasteiger partial charge in [0.1, 0.15) is 29.2 Å². The summed E-state index contributed by atoms with van der Waals surface area (Å²) < 4.78 is 39.7. The maximum absolute atomic E-state index is 14.1. The number of ether oxygens (including phenoxy) is 2. The Labute approximate surface area is 285 Å². The van der Waals surface area contributed by atoms with E-state index in [2.05, 4.69) is 10.0 Å². The number of hydrogen-bond acceptors (Lipinski definition) is 9. The molecular weight excluding hydrogens is 646 g/mol. The minimum atomic E-state index is -3.84. The Hall–Kier alpha value is -4.49. The first-order chi connectivity index (χ1) is 23.6. The molecule has 1 aromatic heterocycles. The Morgan fingerprint density at radius 1 is 1.08 bits per heavy atom. The lowest BCUT2D eigenvalue weighted by atomic mass is 10.0. The highest BCUT2D eigenvalue weighted by Crippen LogP contribution is 2.46. The Morgan fingerprint density at radius 2 is 1.88 bits per heavy atom. The monoisotopic (exact) mass is 687 g/mol. The summed E-state index contributed by atoms with van der Waals surface area (Å²) in [5, 5.41) is 3.03. The van der Waals surface area contributed by atoms with Crippen LogP contribution in [-0.2, 0) is 24.4 Å². The molecule has 3 amide bonds. The number of nitrogens with zero attached hydrogens (tertiary/aromatic N) is 2. The molecule has 2 aliphatic carbocycles. The number of hydrogen-bond donors (Lipinski definition) is 3. The lowest BCUT2D eigenvalue weighted by Gasteiger charge is -2.28. The van der Waals surface area contributed by atoms with E-state index in [0.717, 1.165) is 17.4 Å². The van der Waals surface area contributed by atoms with Gasteiger partial charge < -0.3 is 25.4 Å². The zero-order valence-electron chi connectivity index (χ0n) is 27.3. The number of nitrogens with one attached hydrogen (secondary N) is 2. The molecule has 2 saturated carbocycles. The van der Waals surface area contributed by atoms with Gasteiger partial charge in [0.05, 0.1) is 36.2 Å². The van der Waals surface area contributed by atoms with Crippen molar-refractivity contribution in [2.45, 2.75) is 80.3 Å². The van der Waals surface area contributed by atoms with E-state index >= 15 is 0 Å². The van der Waals surface area contributed by atoms with E-state index < -0.39 is 50.8 Å². The first kappa shape index (κ1) is 33.0. The van der Waals surface area contributed by atoms with E-state index in [1.165, 1.54) is 4.90 Å². The Kier molecular flexibility index (Phi) is 8.82. The maximum Gasteiger partial charge on any atom is 0.259 e. The highest BCUT2D eigenvalue weighted by molar-refractivity contribution is 7.91. The van der Waals surface area contributed by atoms with Gasteiger partial charge in [0.15, 0.2) is 0 Å². The highest BCUT2D eigenvalue weighted by Gasteiger charge is 2.62. The quantitative estimate of drug-likeness (QED) is 0.316. The molecule has 12 nitrogen and oxygen atoms in total. The van der Waals surface area contributed by atoms with E-state index in [9.17, 15) is 22.8 Å². The molecule has 0 bridgehead atoms. The fourth-order valence-electron chi connectivity index (χ4n) is 6.90. The number of nitrogens with two attached hydrogens (primary N) is 1. The normalized spacial score (nSPS) is 27.4. The minimum absolute atomic E-state index is 0.101. The summed E-state index contributed by atoms with van der Waals surface area (Å²) in [6.45, 7) is 0.101. The molecule has 13 heteroatoms. The number of pyridine rings is 1. The van der Waals surface area contributed by atoms with Gasteiger partial charge >= 0.3 is 0 Å². The molecule has 0 radical (unpaired) electrons. The summed E-state index contributed by atoms with van der Waals surface area (Å²) in [5.41, 5.74) is 7.20. The molecule has 4 N–H and O–H groups in total. The van der Waals surface area contributed by atoms with Crippen LogP contribution in [0.4, 0.5) is 0 Å². The zero-order valence-corrected chi connectivity index (χ0v) is 28.2. The molecule has 4 aliphatic rings. The number of carbonyl (C=O) groups is 3. The topological polar surface area (TPSA) is 170 Å². The molecule has 1 unspecified atom stereocenters. The molecule has 49 heavy (non-hydrogen) atoms. The number of benzene rings is 2. The largest absolute Gasteiger partial charge is 0.497 e. The van der Waals surface area contributed by atoms with Crippen LogP contribution in [0.25, 0.3) is 22.2 Å². The van der Waals surface area contributed by atoms with Crippen molar-refractivity contribution in [2.75, 3.05) is 13.7 Å². The summed E-state index contributed by atoms with van der Waals surface area (Å²) in [6, 6.07) is 15.3. The first-order valence-electron chi connectivity index (χ1n) is 16.9. The maximum atomic E-state index is 14.1. The minimum Gasteiger partial charge on any atom is -0.497 e. The second-order valence-electron chi connectivity index (χ2n) is 13.5. The number of methoxy groups -OCH3 is 1. The molecule has 3 heterocycles. The van der Waals surface area contributed by atoms with E-state index in [0.29, 0.717) is 54.8 Å². The van der Waals surface area contributed by atoms with Crippen LogP contribution in [0.2, 0.25) is 0 Å². The van der Waals surface area contributed by atoms with E-state index in [1.54, 1.807) is 7.11 Å². The van der Waals surface area contributed by atoms with Crippen molar-refractivity contribution in [3.63, 3.8) is 0 Å². The lowest BCUT2D eigenvalue weighted by molar-refractivity contribution is -0.140. The SMILES string of the molecule is COc1ccc2c(O[C@@H]3C[C@H]4C(=O)N[C@]5(C(=O)NS(=O)(=O)C6CC6)CC5C=CCCCC[C@H](N)C(=O)N4C3)cc(-c3ccccc3)nc2c1. The molecule has 258 valence electrons. The van der Waals surface area contributed by atoms with Crippen LogP contribution < -0.4 is 25.2 Å². The predicted molar refractivity (Wildman–Crippen MR) is 183 cm³/mol. The zero-order chi connectivity index (χ0) is 34.3. The van der Waals surface area contributed by atoms with Crippen LogP contribution in [0.5, 0.6) is 11.5 Å². The molecule has 3 fully saturated rings. The third kappa shape index (κ3) is 6.73. The number of carbonyl (C=O) groups excluding carboxylic acids is 3. The van der Waals surface area contributed by atoms with Crippen LogP contribution in [0.1, 0.15) is 51.4 Å². The lowest BCUT2D eigenvalue weighted by Crippen LogP contribution is -2.57. The van der Waals surface area contributed by atoms with Gasteiger partial charge in [-0.05, 0) is 50.7 Å². The average Bonchev–Trinajstić information content (AvgIpc) is 4.02. The van der Waals surface area contributed by atoms with E-state index in [1.807, 2.05) is 66.7 Å². The van der Waals surface area contributed by atoms with Crippen molar-refractivity contribution in [1.82, 2.24) is 19.9 Å². The molecule has 2 aromatic carbocycles. The Bertz CT molecular complexity index is 1920. The van der Waals surface area contributed by atoms with Gasteiger partial charge in [-0.15, -0.1) is 0 Å². The summed E-state index contributed by atoms with van der Waals surface area (Å²) in [6.07, 6.45) is 7.33. The Balaban J connectivity index is 1.19. The fraction of sp³-hybridized carbons (Fsp3) is 0.444.